The predicted molar refractivity (Wildman–Crippen MR) is 80.7 cm³/mol. The lowest BCUT2D eigenvalue weighted by atomic mass is 10.1. The molecule has 1 rings (SSSR count). The van der Waals surface area contributed by atoms with E-state index in [4.69, 9.17) is 0 Å². The van der Waals surface area contributed by atoms with E-state index in [0.29, 0.717) is 6.54 Å². The van der Waals surface area contributed by atoms with Crippen LogP contribution in [0.25, 0.3) is 0 Å². The minimum absolute atomic E-state index is 0.0761. The number of hydrogen-bond donors (Lipinski definition) is 2. The van der Waals surface area contributed by atoms with E-state index in [1.54, 1.807) is 6.26 Å². The number of rotatable bonds is 6. The van der Waals surface area contributed by atoms with Crippen LogP contribution in [0, 0.1) is 0 Å². The van der Waals surface area contributed by atoms with Crippen molar-refractivity contribution in [3.05, 3.63) is 29.8 Å². The van der Waals surface area contributed by atoms with Crippen molar-refractivity contribution in [2.45, 2.75) is 32.1 Å². The summed E-state index contributed by atoms with van der Waals surface area (Å²) in [6.45, 7) is 6.21. The normalized spacial score (nSPS) is 15.6. The summed E-state index contributed by atoms with van der Waals surface area (Å²) in [6, 6.07) is 7.89. The molecule has 0 aromatic heterocycles. The maximum absolute atomic E-state index is 11.3. The van der Waals surface area contributed by atoms with Crippen LogP contribution in [0.1, 0.15) is 32.4 Å². The molecular formula is C14H22N2O2S. The van der Waals surface area contributed by atoms with Crippen LogP contribution in [0.2, 0.25) is 0 Å². The molecule has 106 valence electrons. The Hall–Kier alpha value is -1.20. The van der Waals surface area contributed by atoms with Gasteiger partial charge in [0.15, 0.2) is 0 Å². The van der Waals surface area contributed by atoms with Crippen LogP contribution in [-0.2, 0) is 15.6 Å². The van der Waals surface area contributed by atoms with Crippen LogP contribution in [0.4, 0.5) is 5.69 Å². The Morgan fingerprint density at radius 3 is 2.63 bits per heavy atom. The van der Waals surface area contributed by atoms with Crippen LogP contribution in [0.5, 0.6) is 0 Å². The first kappa shape index (κ1) is 15.9. The van der Waals surface area contributed by atoms with Crippen LogP contribution in [0.15, 0.2) is 24.3 Å². The molecule has 1 aromatic carbocycles. The van der Waals surface area contributed by atoms with Gasteiger partial charge in [-0.05, 0) is 31.5 Å². The van der Waals surface area contributed by atoms with Crippen molar-refractivity contribution in [2.24, 2.45) is 0 Å². The zero-order valence-electron chi connectivity index (χ0n) is 11.9. The third-order valence-corrected chi connectivity index (χ3v) is 4.29. The first-order chi connectivity index (χ1) is 8.90. The van der Waals surface area contributed by atoms with E-state index >= 15 is 0 Å². The molecule has 0 radical (unpaired) electrons. The molecule has 19 heavy (non-hydrogen) atoms. The van der Waals surface area contributed by atoms with Crippen molar-refractivity contribution < 1.29 is 9.00 Å². The fourth-order valence-corrected chi connectivity index (χ4v) is 2.00. The first-order valence-corrected chi connectivity index (χ1v) is 7.95. The molecule has 0 aliphatic heterocycles. The maximum atomic E-state index is 11.3. The Labute approximate surface area is 117 Å². The van der Waals surface area contributed by atoms with Gasteiger partial charge in [-0.1, -0.05) is 12.1 Å². The van der Waals surface area contributed by atoms with Gasteiger partial charge in [0.2, 0.25) is 5.91 Å². The topological polar surface area (TPSA) is 58.2 Å². The highest BCUT2D eigenvalue weighted by atomic mass is 32.2. The van der Waals surface area contributed by atoms with Gasteiger partial charge in [-0.25, -0.2) is 0 Å². The molecule has 3 unspecified atom stereocenters. The van der Waals surface area contributed by atoms with E-state index in [2.05, 4.69) is 17.6 Å². The molecule has 0 saturated carbocycles. The highest BCUT2D eigenvalue weighted by Crippen LogP contribution is 2.17. The highest BCUT2D eigenvalue weighted by molar-refractivity contribution is 7.84. The van der Waals surface area contributed by atoms with Gasteiger partial charge in [0.1, 0.15) is 0 Å². The van der Waals surface area contributed by atoms with Crippen molar-refractivity contribution in [1.29, 1.82) is 0 Å². The Bertz CT molecular complexity index is 463. The Balaban J connectivity index is 2.63. The lowest BCUT2D eigenvalue weighted by Gasteiger charge is -2.17. The average Bonchev–Trinajstić information content (AvgIpc) is 2.34. The molecule has 0 aliphatic carbocycles. The number of nitrogens with one attached hydrogen (secondary N) is 2. The van der Waals surface area contributed by atoms with Gasteiger partial charge >= 0.3 is 0 Å². The highest BCUT2D eigenvalue weighted by Gasteiger charge is 2.10. The van der Waals surface area contributed by atoms with E-state index in [9.17, 15) is 9.00 Å². The standard InChI is InChI=1S/C14H22N2O2S/c1-10(19(4)18)9-15-11(2)13-6-5-7-14(8-13)16-12(3)17/h5-8,10-11,15H,9H2,1-4H3,(H,16,17). The van der Waals surface area contributed by atoms with E-state index in [0.717, 1.165) is 11.3 Å². The van der Waals surface area contributed by atoms with Gasteiger partial charge in [-0.15, -0.1) is 0 Å². The summed E-state index contributed by atoms with van der Waals surface area (Å²) >= 11 is 0. The lowest BCUT2D eigenvalue weighted by Crippen LogP contribution is -2.29. The van der Waals surface area contributed by atoms with Crippen molar-refractivity contribution in [2.75, 3.05) is 18.1 Å². The second-order valence-electron chi connectivity index (χ2n) is 4.75. The van der Waals surface area contributed by atoms with E-state index in [1.165, 1.54) is 6.92 Å². The molecule has 2 N–H and O–H groups in total. The van der Waals surface area contributed by atoms with Crippen molar-refractivity contribution >= 4 is 22.4 Å². The largest absolute Gasteiger partial charge is 0.326 e. The fourth-order valence-electron chi connectivity index (χ4n) is 1.67. The second kappa shape index (κ2) is 7.40. The summed E-state index contributed by atoms with van der Waals surface area (Å²) in [6.07, 6.45) is 1.72. The van der Waals surface area contributed by atoms with E-state index in [1.807, 2.05) is 31.2 Å². The first-order valence-electron chi connectivity index (χ1n) is 6.33. The number of benzene rings is 1. The molecule has 1 aromatic rings. The molecular weight excluding hydrogens is 260 g/mol. The predicted octanol–water partition coefficient (Wildman–Crippen LogP) is 2.06. The minimum atomic E-state index is -0.815. The molecule has 0 bridgehead atoms. The summed E-state index contributed by atoms with van der Waals surface area (Å²) in [7, 11) is -0.815. The Morgan fingerprint density at radius 1 is 1.37 bits per heavy atom. The molecule has 4 nitrogen and oxygen atoms in total. The summed E-state index contributed by atoms with van der Waals surface area (Å²) in [5.74, 6) is -0.0761. The number of anilines is 1. The number of carbonyl (C=O) groups excluding carboxylic acids is 1. The van der Waals surface area contributed by atoms with Gasteiger partial charge in [0.05, 0.1) is 0 Å². The lowest BCUT2D eigenvalue weighted by molar-refractivity contribution is -0.114. The summed E-state index contributed by atoms with van der Waals surface area (Å²) in [4.78, 5) is 11.0. The molecule has 0 fully saturated rings. The van der Waals surface area contributed by atoms with Crippen molar-refractivity contribution in [3.63, 3.8) is 0 Å². The summed E-state index contributed by atoms with van der Waals surface area (Å²) in [5, 5.41) is 6.25. The van der Waals surface area contributed by atoms with E-state index in [-0.39, 0.29) is 17.2 Å². The average molecular weight is 282 g/mol. The fraction of sp³-hybridized carbons (Fsp3) is 0.500. The summed E-state index contributed by atoms with van der Waals surface area (Å²) in [5.41, 5.74) is 1.89. The van der Waals surface area contributed by atoms with Gasteiger partial charge in [0, 0.05) is 47.5 Å². The van der Waals surface area contributed by atoms with Crippen molar-refractivity contribution in [3.8, 4) is 0 Å². The minimum Gasteiger partial charge on any atom is -0.326 e. The molecule has 0 heterocycles. The molecule has 5 heteroatoms. The SMILES string of the molecule is CC(=O)Nc1cccc(C(C)NCC(C)S(C)=O)c1. The Kier molecular flexibility index (Phi) is 6.18. The van der Waals surface area contributed by atoms with Crippen LogP contribution in [-0.4, -0.2) is 28.2 Å². The van der Waals surface area contributed by atoms with Crippen LogP contribution in [0.3, 0.4) is 0 Å². The molecule has 0 aliphatic rings. The van der Waals surface area contributed by atoms with Crippen LogP contribution < -0.4 is 10.6 Å². The second-order valence-corrected chi connectivity index (χ2v) is 6.55. The van der Waals surface area contributed by atoms with Gasteiger partial charge in [0.25, 0.3) is 0 Å². The third-order valence-electron chi connectivity index (χ3n) is 2.99. The zero-order chi connectivity index (χ0) is 14.4. The smallest absolute Gasteiger partial charge is 0.221 e. The molecule has 0 spiro atoms. The van der Waals surface area contributed by atoms with Gasteiger partial charge in [-0.3, -0.25) is 9.00 Å². The van der Waals surface area contributed by atoms with E-state index < -0.39 is 10.8 Å². The monoisotopic (exact) mass is 282 g/mol. The number of amides is 1. The Morgan fingerprint density at radius 2 is 2.05 bits per heavy atom. The third kappa shape index (κ3) is 5.53. The van der Waals surface area contributed by atoms with Gasteiger partial charge in [-0.2, -0.15) is 0 Å². The molecule has 3 atom stereocenters. The molecule has 1 amide bonds. The summed E-state index contributed by atoms with van der Waals surface area (Å²) < 4.78 is 11.3. The quantitative estimate of drug-likeness (QED) is 0.839. The zero-order valence-corrected chi connectivity index (χ0v) is 12.7. The van der Waals surface area contributed by atoms with Crippen LogP contribution >= 0.6 is 0 Å². The number of carbonyl (C=O) groups is 1. The van der Waals surface area contributed by atoms with Crippen molar-refractivity contribution in [1.82, 2.24) is 5.32 Å². The maximum Gasteiger partial charge on any atom is 0.221 e. The molecule has 0 saturated heterocycles. The number of hydrogen-bond acceptors (Lipinski definition) is 3. The van der Waals surface area contributed by atoms with Gasteiger partial charge < -0.3 is 10.6 Å².